The molecule has 0 radical (unpaired) electrons. The summed E-state index contributed by atoms with van der Waals surface area (Å²) in [6.07, 6.45) is 3.60. The van der Waals surface area contributed by atoms with Gasteiger partial charge in [0, 0.05) is 33.2 Å². The number of thiocarbonyl (C=S) groups is 1. The molecule has 14 heavy (non-hydrogen) atoms. The summed E-state index contributed by atoms with van der Waals surface area (Å²) in [4.78, 5) is 3.02. The Kier molecular flexibility index (Phi) is 5.37. The quantitative estimate of drug-likeness (QED) is 0.615. The minimum atomic E-state index is 0.614. The van der Waals surface area contributed by atoms with Crippen LogP contribution < -0.4 is 5.73 Å². The van der Waals surface area contributed by atoms with Gasteiger partial charge in [-0.15, -0.1) is 0 Å². The molecule has 82 valence electrons. The van der Waals surface area contributed by atoms with Crippen molar-refractivity contribution < 1.29 is 4.74 Å². The predicted molar refractivity (Wildman–Crippen MR) is 62.4 cm³/mol. The molecule has 1 aliphatic carbocycles. The summed E-state index contributed by atoms with van der Waals surface area (Å²) in [7, 11) is 1.74. The molecule has 0 spiro atoms. The van der Waals surface area contributed by atoms with Crippen LogP contribution in [0.4, 0.5) is 0 Å². The summed E-state index contributed by atoms with van der Waals surface area (Å²) in [5, 5.41) is 0. The van der Waals surface area contributed by atoms with Crippen LogP contribution in [0.2, 0.25) is 0 Å². The average Bonchev–Trinajstić information content (AvgIpc) is 2.93. The Morgan fingerprint density at radius 1 is 1.50 bits per heavy atom. The SMILES string of the molecule is COCCN(CCC(N)=S)CC1CC1. The third kappa shape index (κ3) is 5.52. The minimum Gasteiger partial charge on any atom is -0.393 e. The van der Waals surface area contributed by atoms with Crippen LogP contribution in [0.25, 0.3) is 0 Å². The number of rotatable bonds is 8. The molecule has 0 amide bonds. The normalized spacial score (nSPS) is 16.1. The van der Waals surface area contributed by atoms with Gasteiger partial charge in [0.25, 0.3) is 0 Å². The first-order chi connectivity index (χ1) is 6.72. The van der Waals surface area contributed by atoms with Crippen molar-refractivity contribution in [3.8, 4) is 0 Å². The van der Waals surface area contributed by atoms with Gasteiger partial charge in [0.1, 0.15) is 0 Å². The monoisotopic (exact) mass is 216 g/mol. The minimum absolute atomic E-state index is 0.614. The van der Waals surface area contributed by atoms with Crippen molar-refractivity contribution in [1.82, 2.24) is 4.90 Å². The molecule has 0 heterocycles. The maximum Gasteiger partial charge on any atom is 0.0740 e. The summed E-state index contributed by atoms with van der Waals surface area (Å²) >= 11 is 4.88. The van der Waals surface area contributed by atoms with E-state index in [1.807, 2.05) is 0 Å². The van der Waals surface area contributed by atoms with Gasteiger partial charge in [0.2, 0.25) is 0 Å². The molecule has 0 aromatic rings. The molecule has 1 saturated carbocycles. The van der Waals surface area contributed by atoms with E-state index in [1.54, 1.807) is 7.11 Å². The molecule has 1 rings (SSSR count). The summed E-state index contributed by atoms with van der Waals surface area (Å²) in [6, 6.07) is 0. The lowest BCUT2D eigenvalue weighted by atomic mass is 10.3. The molecule has 0 aliphatic heterocycles. The summed E-state index contributed by atoms with van der Waals surface area (Å²) in [5.41, 5.74) is 5.49. The highest BCUT2D eigenvalue weighted by molar-refractivity contribution is 7.80. The van der Waals surface area contributed by atoms with Crippen molar-refractivity contribution >= 4 is 17.2 Å². The largest absolute Gasteiger partial charge is 0.393 e. The molecule has 0 unspecified atom stereocenters. The first kappa shape index (κ1) is 11.9. The standard InChI is InChI=1S/C10H20N2OS/c1-13-7-6-12(5-4-10(11)14)8-9-2-3-9/h9H,2-8H2,1H3,(H2,11,14). The highest BCUT2D eigenvalue weighted by Gasteiger charge is 2.23. The second-order valence-electron chi connectivity index (χ2n) is 3.95. The smallest absolute Gasteiger partial charge is 0.0740 e. The average molecular weight is 216 g/mol. The molecule has 0 aromatic heterocycles. The van der Waals surface area contributed by atoms with Gasteiger partial charge in [0.05, 0.1) is 11.6 Å². The van der Waals surface area contributed by atoms with Crippen LogP contribution >= 0.6 is 12.2 Å². The molecule has 0 bridgehead atoms. The van der Waals surface area contributed by atoms with E-state index in [2.05, 4.69) is 4.90 Å². The van der Waals surface area contributed by atoms with E-state index in [1.165, 1.54) is 19.4 Å². The molecule has 0 atom stereocenters. The lowest BCUT2D eigenvalue weighted by Gasteiger charge is -2.21. The molecule has 1 fully saturated rings. The zero-order chi connectivity index (χ0) is 10.4. The lowest BCUT2D eigenvalue weighted by Crippen LogP contribution is -2.32. The van der Waals surface area contributed by atoms with Crippen molar-refractivity contribution in [3.05, 3.63) is 0 Å². The first-order valence-electron chi connectivity index (χ1n) is 5.22. The Morgan fingerprint density at radius 3 is 2.71 bits per heavy atom. The maximum atomic E-state index is 5.49. The third-order valence-corrected chi connectivity index (χ3v) is 2.70. The third-order valence-electron chi connectivity index (χ3n) is 2.50. The predicted octanol–water partition coefficient (Wildman–Crippen LogP) is 1.02. The zero-order valence-corrected chi connectivity index (χ0v) is 9.68. The van der Waals surface area contributed by atoms with E-state index in [0.717, 1.165) is 32.0 Å². The van der Waals surface area contributed by atoms with Crippen molar-refractivity contribution in [3.63, 3.8) is 0 Å². The van der Waals surface area contributed by atoms with E-state index < -0.39 is 0 Å². The van der Waals surface area contributed by atoms with Crippen molar-refractivity contribution in [2.45, 2.75) is 19.3 Å². The van der Waals surface area contributed by atoms with Crippen molar-refractivity contribution in [1.29, 1.82) is 0 Å². The van der Waals surface area contributed by atoms with Crippen LogP contribution in [-0.4, -0.2) is 43.2 Å². The van der Waals surface area contributed by atoms with Gasteiger partial charge in [-0.2, -0.15) is 0 Å². The Bertz CT molecular complexity index is 183. The van der Waals surface area contributed by atoms with Gasteiger partial charge in [-0.25, -0.2) is 0 Å². The molecule has 1 aliphatic rings. The number of nitrogens with two attached hydrogens (primary N) is 1. The molecule has 2 N–H and O–H groups in total. The number of hydrogen-bond donors (Lipinski definition) is 1. The summed E-state index contributed by atoms with van der Waals surface area (Å²) < 4.78 is 5.08. The Hall–Kier alpha value is -0.190. The van der Waals surface area contributed by atoms with Crippen LogP contribution in [0.5, 0.6) is 0 Å². The van der Waals surface area contributed by atoms with Crippen molar-refractivity contribution in [2.75, 3.05) is 33.4 Å². The molecule has 0 saturated heterocycles. The van der Waals surface area contributed by atoms with Gasteiger partial charge in [-0.3, -0.25) is 0 Å². The molecule has 3 nitrogen and oxygen atoms in total. The van der Waals surface area contributed by atoms with Crippen LogP contribution in [-0.2, 0) is 4.74 Å². The van der Waals surface area contributed by atoms with E-state index >= 15 is 0 Å². The summed E-state index contributed by atoms with van der Waals surface area (Å²) in [6.45, 7) is 3.96. The van der Waals surface area contributed by atoms with Crippen molar-refractivity contribution in [2.24, 2.45) is 11.7 Å². The second-order valence-corrected chi connectivity index (χ2v) is 4.48. The van der Waals surface area contributed by atoms with Crippen LogP contribution in [0, 0.1) is 5.92 Å². The van der Waals surface area contributed by atoms with E-state index in [0.29, 0.717) is 4.99 Å². The maximum absolute atomic E-state index is 5.49. The molecule has 4 heteroatoms. The number of hydrogen-bond acceptors (Lipinski definition) is 3. The highest BCUT2D eigenvalue weighted by atomic mass is 32.1. The Labute approximate surface area is 91.6 Å². The fraction of sp³-hybridized carbons (Fsp3) is 0.900. The molecule has 0 aromatic carbocycles. The zero-order valence-electron chi connectivity index (χ0n) is 8.87. The van der Waals surface area contributed by atoms with Crippen LogP contribution in [0.15, 0.2) is 0 Å². The molecular formula is C10H20N2OS. The number of nitrogens with zero attached hydrogens (tertiary/aromatic N) is 1. The Morgan fingerprint density at radius 2 is 2.21 bits per heavy atom. The van der Waals surface area contributed by atoms with E-state index in [9.17, 15) is 0 Å². The van der Waals surface area contributed by atoms with Gasteiger partial charge < -0.3 is 15.4 Å². The summed E-state index contributed by atoms with van der Waals surface area (Å²) in [5.74, 6) is 0.915. The second kappa shape index (κ2) is 6.32. The lowest BCUT2D eigenvalue weighted by molar-refractivity contribution is 0.146. The topological polar surface area (TPSA) is 38.5 Å². The van der Waals surface area contributed by atoms with Gasteiger partial charge in [0.15, 0.2) is 0 Å². The highest BCUT2D eigenvalue weighted by Crippen LogP contribution is 2.29. The Balaban J connectivity index is 2.16. The van der Waals surface area contributed by atoms with Gasteiger partial charge in [-0.05, 0) is 18.8 Å². The van der Waals surface area contributed by atoms with Gasteiger partial charge >= 0.3 is 0 Å². The first-order valence-corrected chi connectivity index (χ1v) is 5.62. The fourth-order valence-electron chi connectivity index (χ4n) is 1.45. The van der Waals surface area contributed by atoms with Crippen LogP contribution in [0.1, 0.15) is 19.3 Å². The van der Waals surface area contributed by atoms with Gasteiger partial charge in [-0.1, -0.05) is 12.2 Å². The number of ether oxygens (including phenoxy) is 1. The van der Waals surface area contributed by atoms with E-state index in [4.69, 9.17) is 22.7 Å². The van der Waals surface area contributed by atoms with E-state index in [-0.39, 0.29) is 0 Å². The van der Waals surface area contributed by atoms with Crippen LogP contribution in [0.3, 0.4) is 0 Å². The number of methoxy groups -OCH3 is 1. The fourth-order valence-corrected chi connectivity index (χ4v) is 1.54. The molecular weight excluding hydrogens is 196 g/mol.